The number of primary amides is 1. The first-order valence-electron chi connectivity index (χ1n) is 2.55. The molecular weight excluding hydrogens is 132 g/mol. The van der Waals surface area contributed by atoms with Gasteiger partial charge in [-0.15, -0.1) is 0 Å². The van der Waals surface area contributed by atoms with Crippen LogP contribution in [-0.4, -0.2) is 11.8 Å². The lowest BCUT2D eigenvalue weighted by Crippen LogP contribution is -2.14. The van der Waals surface area contributed by atoms with Gasteiger partial charge in [0.25, 0.3) is 0 Å². The van der Waals surface area contributed by atoms with Gasteiger partial charge in [-0.25, -0.2) is 0 Å². The maximum atomic E-state index is 10.5. The number of hydrogen-bond donors (Lipinski definition) is 2. The molecule has 0 aliphatic rings. The van der Waals surface area contributed by atoms with Crippen LogP contribution < -0.4 is 11.1 Å². The Morgan fingerprint density at radius 3 is 2.40 bits per heavy atom. The molecule has 0 unspecified atom stereocenters. The summed E-state index contributed by atoms with van der Waals surface area (Å²) < 4.78 is 0. The van der Waals surface area contributed by atoms with Crippen LogP contribution in [0.15, 0.2) is 24.9 Å². The number of amides is 2. The Bertz CT molecular complexity index is 184. The molecule has 0 aromatic rings. The molecule has 0 rings (SSSR count). The van der Waals surface area contributed by atoms with Gasteiger partial charge in [0.1, 0.15) is 0 Å². The molecule has 0 fully saturated rings. The molecule has 0 spiro atoms. The van der Waals surface area contributed by atoms with E-state index >= 15 is 0 Å². The summed E-state index contributed by atoms with van der Waals surface area (Å²) in [7, 11) is 0. The summed E-state index contributed by atoms with van der Waals surface area (Å²) in [5.41, 5.74) is 4.71. The summed E-state index contributed by atoms with van der Waals surface area (Å²) in [6.45, 7) is 3.25. The molecule has 0 aromatic carbocycles. The van der Waals surface area contributed by atoms with E-state index in [9.17, 15) is 9.59 Å². The molecule has 4 heteroatoms. The normalized spacial score (nSPS) is 9.20. The number of nitrogens with one attached hydrogen (secondary N) is 1. The highest BCUT2D eigenvalue weighted by atomic mass is 16.2. The van der Waals surface area contributed by atoms with Crippen molar-refractivity contribution in [3.05, 3.63) is 24.9 Å². The summed E-state index contributed by atoms with van der Waals surface area (Å²) in [6.07, 6.45) is 3.22. The second kappa shape index (κ2) is 4.31. The van der Waals surface area contributed by atoms with Crippen LogP contribution in [-0.2, 0) is 9.59 Å². The Kier molecular flexibility index (Phi) is 3.63. The minimum absolute atomic E-state index is 0.422. The molecule has 2 amide bonds. The molecule has 54 valence electrons. The van der Waals surface area contributed by atoms with Gasteiger partial charge in [-0.2, -0.15) is 0 Å². The fourth-order valence-corrected chi connectivity index (χ4v) is 0.307. The molecule has 0 atom stereocenters. The first kappa shape index (κ1) is 8.42. The number of carbonyl (C=O) groups excluding carboxylic acids is 2. The average molecular weight is 140 g/mol. The number of rotatable bonds is 3. The second-order valence-corrected chi connectivity index (χ2v) is 1.45. The van der Waals surface area contributed by atoms with E-state index in [1.807, 2.05) is 0 Å². The molecular formula is C6H8N2O2. The highest BCUT2D eigenvalue weighted by Gasteiger charge is 1.89. The van der Waals surface area contributed by atoms with Crippen LogP contribution >= 0.6 is 0 Å². The van der Waals surface area contributed by atoms with Gasteiger partial charge in [-0.3, -0.25) is 9.59 Å². The lowest BCUT2D eigenvalue weighted by molar-refractivity contribution is -0.117. The van der Waals surface area contributed by atoms with Gasteiger partial charge in [0.2, 0.25) is 11.8 Å². The highest BCUT2D eigenvalue weighted by molar-refractivity contribution is 5.96. The van der Waals surface area contributed by atoms with E-state index in [1.54, 1.807) is 0 Å². The average Bonchev–Trinajstić information content (AvgIpc) is 1.85. The molecule has 0 aliphatic carbocycles. The standard InChI is InChI=1S/C6H8N2O2/c1-2-8-6(10)4-3-5(7)9/h2-4H,1H2,(H2,7,9)(H,8,10)/b4-3-. The Balaban J connectivity index is 3.77. The van der Waals surface area contributed by atoms with Crippen molar-refractivity contribution in [3.63, 3.8) is 0 Å². The fraction of sp³-hybridized carbons (Fsp3) is 0. The molecule has 0 aliphatic heterocycles. The van der Waals surface area contributed by atoms with Gasteiger partial charge in [0.05, 0.1) is 0 Å². The second-order valence-electron chi connectivity index (χ2n) is 1.45. The van der Waals surface area contributed by atoms with Crippen molar-refractivity contribution < 1.29 is 9.59 Å². The van der Waals surface area contributed by atoms with Gasteiger partial charge in [0, 0.05) is 12.2 Å². The number of nitrogens with two attached hydrogens (primary N) is 1. The lowest BCUT2D eigenvalue weighted by atomic mass is 10.4. The molecule has 10 heavy (non-hydrogen) atoms. The van der Waals surface area contributed by atoms with Gasteiger partial charge < -0.3 is 11.1 Å². The molecule has 0 saturated heterocycles. The van der Waals surface area contributed by atoms with Crippen LogP contribution in [0.25, 0.3) is 0 Å². The van der Waals surface area contributed by atoms with Crippen LogP contribution in [0.5, 0.6) is 0 Å². The van der Waals surface area contributed by atoms with Crippen molar-refractivity contribution in [2.75, 3.05) is 0 Å². The predicted octanol–water partition coefficient (Wildman–Crippen LogP) is -0.712. The summed E-state index contributed by atoms with van der Waals surface area (Å²) in [4.78, 5) is 20.5. The fourth-order valence-electron chi connectivity index (χ4n) is 0.307. The van der Waals surface area contributed by atoms with Crippen LogP contribution in [0.1, 0.15) is 0 Å². The van der Waals surface area contributed by atoms with E-state index in [0.717, 1.165) is 12.2 Å². The van der Waals surface area contributed by atoms with E-state index in [0.29, 0.717) is 0 Å². The van der Waals surface area contributed by atoms with Gasteiger partial charge in [-0.05, 0) is 6.20 Å². The lowest BCUT2D eigenvalue weighted by Gasteiger charge is -1.87. The van der Waals surface area contributed by atoms with E-state index in [-0.39, 0.29) is 0 Å². The van der Waals surface area contributed by atoms with Crippen molar-refractivity contribution in [1.29, 1.82) is 0 Å². The van der Waals surface area contributed by atoms with E-state index in [1.165, 1.54) is 6.20 Å². The SMILES string of the molecule is C=CNC(=O)/C=C\C(N)=O. The van der Waals surface area contributed by atoms with Gasteiger partial charge in [-0.1, -0.05) is 6.58 Å². The Hall–Kier alpha value is -1.58. The van der Waals surface area contributed by atoms with Crippen molar-refractivity contribution in [3.8, 4) is 0 Å². The van der Waals surface area contributed by atoms with Crippen molar-refractivity contribution in [1.82, 2.24) is 5.32 Å². The number of hydrogen-bond acceptors (Lipinski definition) is 2. The maximum Gasteiger partial charge on any atom is 0.248 e. The third-order valence-electron chi connectivity index (χ3n) is 0.643. The maximum absolute atomic E-state index is 10.5. The molecule has 0 heterocycles. The Morgan fingerprint density at radius 1 is 1.40 bits per heavy atom. The van der Waals surface area contributed by atoms with Crippen LogP contribution in [0.3, 0.4) is 0 Å². The van der Waals surface area contributed by atoms with Crippen LogP contribution in [0.4, 0.5) is 0 Å². The summed E-state index contributed by atoms with van der Waals surface area (Å²) in [5.74, 6) is -1.08. The first-order valence-corrected chi connectivity index (χ1v) is 2.55. The molecule has 0 radical (unpaired) electrons. The third-order valence-corrected chi connectivity index (χ3v) is 0.643. The van der Waals surface area contributed by atoms with Crippen molar-refractivity contribution in [2.24, 2.45) is 5.73 Å². The van der Waals surface area contributed by atoms with Crippen molar-refractivity contribution >= 4 is 11.8 Å². The molecule has 0 aromatic heterocycles. The van der Waals surface area contributed by atoms with Crippen LogP contribution in [0, 0.1) is 0 Å². The minimum Gasteiger partial charge on any atom is -0.366 e. The third kappa shape index (κ3) is 4.58. The molecule has 4 nitrogen and oxygen atoms in total. The zero-order chi connectivity index (χ0) is 7.98. The summed E-state index contributed by atoms with van der Waals surface area (Å²) >= 11 is 0. The van der Waals surface area contributed by atoms with E-state index in [4.69, 9.17) is 5.73 Å². The Morgan fingerprint density at radius 2 is 2.00 bits per heavy atom. The molecule has 3 N–H and O–H groups in total. The van der Waals surface area contributed by atoms with E-state index < -0.39 is 11.8 Å². The zero-order valence-corrected chi connectivity index (χ0v) is 5.33. The Labute approximate surface area is 58.4 Å². The summed E-state index contributed by atoms with van der Waals surface area (Å²) in [6, 6.07) is 0. The summed E-state index contributed by atoms with van der Waals surface area (Å²) in [5, 5.41) is 2.23. The number of carbonyl (C=O) groups is 2. The minimum atomic E-state index is -0.654. The van der Waals surface area contributed by atoms with E-state index in [2.05, 4.69) is 11.9 Å². The first-order chi connectivity index (χ1) is 4.66. The monoisotopic (exact) mass is 140 g/mol. The largest absolute Gasteiger partial charge is 0.366 e. The quantitative estimate of drug-likeness (QED) is 0.508. The van der Waals surface area contributed by atoms with Gasteiger partial charge >= 0.3 is 0 Å². The van der Waals surface area contributed by atoms with Crippen molar-refractivity contribution in [2.45, 2.75) is 0 Å². The predicted molar refractivity (Wildman–Crippen MR) is 36.7 cm³/mol. The van der Waals surface area contributed by atoms with Crippen LogP contribution in [0.2, 0.25) is 0 Å². The molecule has 0 saturated carbocycles. The molecule has 0 bridgehead atoms. The zero-order valence-electron chi connectivity index (χ0n) is 5.33. The topological polar surface area (TPSA) is 72.2 Å². The highest BCUT2D eigenvalue weighted by Crippen LogP contribution is 1.71. The smallest absolute Gasteiger partial charge is 0.248 e. The van der Waals surface area contributed by atoms with Gasteiger partial charge in [0.15, 0.2) is 0 Å².